The van der Waals surface area contributed by atoms with Crippen molar-refractivity contribution in [1.29, 1.82) is 0 Å². The van der Waals surface area contributed by atoms with Gasteiger partial charge in [0.25, 0.3) is 5.91 Å². The summed E-state index contributed by atoms with van der Waals surface area (Å²) in [4.78, 5) is 23.9. The molecule has 7 nitrogen and oxygen atoms in total. The molecule has 1 aromatic heterocycles. The SMILES string of the molecule is COc1ccccc1CNC(=O)COC(=O)Cc1coc2cc(O)ccc12. The molecule has 7 heteroatoms. The van der Waals surface area contributed by atoms with Crippen molar-refractivity contribution in [2.45, 2.75) is 13.0 Å². The van der Waals surface area contributed by atoms with Crippen LogP contribution in [0.3, 0.4) is 0 Å². The number of para-hydroxylation sites is 1. The van der Waals surface area contributed by atoms with E-state index in [0.29, 0.717) is 22.3 Å². The summed E-state index contributed by atoms with van der Waals surface area (Å²) in [7, 11) is 1.56. The number of hydrogen-bond acceptors (Lipinski definition) is 6. The number of aromatic hydroxyl groups is 1. The maximum absolute atomic E-state index is 12.0. The van der Waals surface area contributed by atoms with Crippen molar-refractivity contribution in [2.75, 3.05) is 13.7 Å². The number of carbonyl (C=O) groups excluding carboxylic acids is 2. The van der Waals surface area contributed by atoms with Crippen molar-refractivity contribution in [3.63, 3.8) is 0 Å². The zero-order valence-corrected chi connectivity index (χ0v) is 14.7. The summed E-state index contributed by atoms with van der Waals surface area (Å²) < 4.78 is 15.5. The molecule has 27 heavy (non-hydrogen) atoms. The van der Waals surface area contributed by atoms with Gasteiger partial charge in [0.2, 0.25) is 0 Å². The highest BCUT2D eigenvalue weighted by Crippen LogP contribution is 2.25. The van der Waals surface area contributed by atoms with Gasteiger partial charge in [-0.3, -0.25) is 9.59 Å². The van der Waals surface area contributed by atoms with Crippen LogP contribution < -0.4 is 10.1 Å². The van der Waals surface area contributed by atoms with E-state index in [1.54, 1.807) is 19.2 Å². The van der Waals surface area contributed by atoms with Crippen LogP contribution in [0.1, 0.15) is 11.1 Å². The zero-order valence-electron chi connectivity index (χ0n) is 14.7. The summed E-state index contributed by atoms with van der Waals surface area (Å²) in [6.07, 6.45) is 1.41. The molecule has 0 bridgehead atoms. The highest BCUT2D eigenvalue weighted by Gasteiger charge is 2.13. The van der Waals surface area contributed by atoms with Crippen LogP contribution in [0.5, 0.6) is 11.5 Å². The van der Waals surface area contributed by atoms with Crippen molar-refractivity contribution >= 4 is 22.8 Å². The minimum atomic E-state index is -0.543. The number of fused-ring (bicyclic) bond motifs is 1. The number of furan rings is 1. The first kappa shape index (κ1) is 18.3. The summed E-state index contributed by atoms with van der Waals surface area (Å²) in [5, 5.41) is 12.8. The molecule has 2 N–H and O–H groups in total. The van der Waals surface area contributed by atoms with E-state index in [-0.39, 0.29) is 25.3 Å². The van der Waals surface area contributed by atoms with Gasteiger partial charge in [0.05, 0.1) is 19.8 Å². The van der Waals surface area contributed by atoms with Gasteiger partial charge in [-0.2, -0.15) is 0 Å². The summed E-state index contributed by atoms with van der Waals surface area (Å²) in [5.74, 6) is -0.195. The number of benzene rings is 2. The van der Waals surface area contributed by atoms with Gasteiger partial charge in [-0.15, -0.1) is 0 Å². The molecule has 1 heterocycles. The lowest BCUT2D eigenvalue weighted by molar-refractivity contribution is -0.147. The fourth-order valence-electron chi connectivity index (χ4n) is 2.66. The molecule has 0 radical (unpaired) electrons. The molecule has 0 aliphatic carbocycles. The third kappa shape index (κ3) is 4.58. The van der Waals surface area contributed by atoms with E-state index < -0.39 is 11.9 Å². The Labute approximate surface area is 155 Å². The predicted molar refractivity (Wildman–Crippen MR) is 97.4 cm³/mol. The van der Waals surface area contributed by atoms with Crippen LogP contribution in [0.25, 0.3) is 11.0 Å². The number of amides is 1. The average molecular weight is 369 g/mol. The molecular weight excluding hydrogens is 350 g/mol. The van der Waals surface area contributed by atoms with E-state index >= 15 is 0 Å². The zero-order chi connectivity index (χ0) is 19.2. The van der Waals surface area contributed by atoms with Crippen molar-refractivity contribution in [3.05, 3.63) is 59.9 Å². The topological polar surface area (TPSA) is 98.0 Å². The number of hydrogen-bond donors (Lipinski definition) is 2. The van der Waals surface area contributed by atoms with Gasteiger partial charge in [0, 0.05) is 29.1 Å². The Balaban J connectivity index is 1.49. The normalized spacial score (nSPS) is 10.6. The smallest absolute Gasteiger partial charge is 0.310 e. The fourth-order valence-corrected chi connectivity index (χ4v) is 2.66. The van der Waals surface area contributed by atoms with Gasteiger partial charge < -0.3 is 24.3 Å². The molecule has 3 aromatic rings. The number of esters is 1. The summed E-state index contributed by atoms with van der Waals surface area (Å²) in [5.41, 5.74) is 1.93. The van der Waals surface area contributed by atoms with Crippen LogP contribution in [0, 0.1) is 0 Å². The van der Waals surface area contributed by atoms with Gasteiger partial charge in [0.15, 0.2) is 6.61 Å². The van der Waals surface area contributed by atoms with E-state index in [9.17, 15) is 14.7 Å². The Hall–Kier alpha value is -3.48. The molecule has 0 saturated carbocycles. The molecule has 0 aliphatic rings. The second-order valence-corrected chi connectivity index (χ2v) is 5.87. The van der Waals surface area contributed by atoms with Crippen LogP contribution >= 0.6 is 0 Å². The number of phenols is 1. The Morgan fingerprint density at radius 2 is 1.96 bits per heavy atom. The molecule has 140 valence electrons. The van der Waals surface area contributed by atoms with Crippen molar-refractivity contribution in [3.8, 4) is 11.5 Å². The fraction of sp³-hybridized carbons (Fsp3) is 0.200. The Morgan fingerprint density at radius 1 is 1.15 bits per heavy atom. The van der Waals surface area contributed by atoms with E-state index in [0.717, 1.165) is 5.56 Å². The molecule has 0 saturated heterocycles. The Bertz CT molecular complexity index is 962. The Morgan fingerprint density at radius 3 is 2.78 bits per heavy atom. The van der Waals surface area contributed by atoms with E-state index in [1.807, 2.05) is 18.2 Å². The highest BCUT2D eigenvalue weighted by molar-refractivity contribution is 5.87. The molecule has 0 spiro atoms. The molecule has 0 unspecified atom stereocenters. The quantitative estimate of drug-likeness (QED) is 0.621. The summed E-state index contributed by atoms with van der Waals surface area (Å²) in [6, 6.07) is 12.0. The van der Waals surface area contributed by atoms with Crippen molar-refractivity contribution < 1.29 is 28.6 Å². The van der Waals surface area contributed by atoms with Gasteiger partial charge in [-0.05, 0) is 18.2 Å². The summed E-state index contributed by atoms with van der Waals surface area (Å²) in [6.45, 7) is -0.0964. The van der Waals surface area contributed by atoms with Crippen LogP contribution in [-0.2, 0) is 27.3 Å². The molecular formula is C20H19NO6. The van der Waals surface area contributed by atoms with Crippen LogP contribution in [0.2, 0.25) is 0 Å². The lowest BCUT2D eigenvalue weighted by Gasteiger charge is -2.09. The lowest BCUT2D eigenvalue weighted by atomic mass is 10.1. The van der Waals surface area contributed by atoms with Gasteiger partial charge in [-0.25, -0.2) is 0 Å². The molecule has 2 aromatic carbocycles. The van der Waals surface area contributed by atoms with Gasteiger partial charge in [0.1, 0.15) is 17.1 Å². The first-order valence-corrected chi connectivity index (χ1v) is 8.30. The molecule has 3 rings (SSSR count). The Kier molecular flexibility index (Phi) is 5.61. The number of rotatable bonds is 7. The second kappa shape index (κ2) is 8.27. The van der Waals surface area contributed by atoms with Crippen molar-refractivity contribution in [2.24, 2.45) is 0 Å². The molecule has 0 aliphatic heterocycles. The van der Waals surface area contributed by atoms with Crippen LogP contribution in [0.4, 0.5) is 0 Å². The third-order valence-corrected chi connectivity index (χ3v) is 4.01. The standard InChI is InChI=1S/C20H19NO6/c1-25-17-5-3-2-4-13(17)10-21-19(23)12-27-20(24)8-14-11-26-18-9-15(22)6-7-16(14)18/h2-7,9,11,22H,8,10,12H2,1H3,(H,21,23). The lowest BCUT2D eigenvalue weighted by Crippen LogP contribution is -2.28. The number of ether oxygens (including phenoxy) is 2. The minimum Gasteiger partial charge on any atom is -0.508 e. The van der Waals surface area contributed by atoms with E-state index in [2.05, 4.69) is 5.32 Å². The maximum Gasteiger partial charge on any atom is 0.310 e. The first-order chi connectivity index (χ1) is 13.1. The monoisotopic (exact) mass is 369 g/mol. The average Bonchev–Trinajstić information content (AvgIpc) is 3.06. The molecule has 1 amide bonds. The molecule has 0 atom stereocenters. The minimum absolute atomic E-state index is 0.0302. The van der Waals surface area contributed by atoms with Gasteiger partial charge >= 0.3 is 5.97 Å². The predicted octanol–water partition coefficient (Wildman–Crippen LogP) is 2.55. The number of nitrogens with one attached hydrogen (secondary N) is 1. The summed E-state index contributed by atoms with van der Waals surface area (Å²) >= 11 is 0. The van der Waals surface area contributed by atoms with E-state index in [1.165, 1.54) is 18.4 Å². The second-order valence-electron chi connectivity index (χ2n) is 5.87. The third-order valence-electron chi connectivity index (χ3n) is 4.01. The van der Waals surface area contributed by atoms with Gasteiger partial charge in [-0.1, -0.05) is 18.2 Å². The maximum atomic E-state index is 12.0. The van der Waals surface area contributed by atoms with E-state index in [4.69, 9.17) is 13.9 Å². The highest BCUT2D eigenvalue weighted by atomic mass is 16.5. The number of methoxy groups -OCH3 is 1. The molecule has 0 fully saturated rings. The van der Waals surface area contributed by atoms with Crippen LogP contribution in [0.15, 0.2) is 53.1 Å². The number of carbonyl (C=O) groups is 2. The largest absolute Gasteiger partial charge is 0.508 e. The van der Waals surface area contributed by atoms with Crippen LogP contribution in [-0.4, -0.2) is 30.7 Å². The number of phenolic OH excluding ortho intramolecular Hbond substituents is 1. The first-order valence-electron chi connectivity index (χ1n) is 8.30. The van der Waals surface area contributed by atoms with Crippen molar-refractivity contribution in [1.82, 2.24) is 5.32 Å².